The fraction of sp³-hybridized carbons (Fsp3) is 0.333. The molecule has 2 aromatic carbocycles. The zero-order chi connectivity index (χ0) is 11.2. The van der Waals surface area contributed by atoms with Crippen LogP contribution in [0.3, 0.4) is 0 Å². The van der Waals surface area contributed by atoms with Gasteiger partial charge in [-0.2, -0.15) is 0 Å². The van der Waals surface area contributed by atoms with Gasteiger partial charge in [-0.05, 0) is 67.6 Å². The first-order valence-electron chi connectivity index (χ1n) is 5.48. The molecule has 0 radical (unpaired) electrons. The first-order chi connectivity index (χ1) is 7.00. The van der Waals surface area contributed by atoms with E-state index in [9.17, 15) is 0 Å². The summed E-state index contributed by atoms with van der Waals surface area (Å²) in [4.78, 5) is 0. The van der Waals surface area contributed by atoms with Gasteiger partial charge in [0.25, 0.3) is 0 Å². The molecule has 0 fully saturated rings. The topological polar surface area (TPSA) is 0 Å². The maximum Gasteiger partial charge on any atom is -0.0147 e. The molecule has 2 aromatic rings. The summed E-state index contributed by atoms with van der Waals surface area (Å²) in [5, 5.41) is 2.82. The molecule has 0 amide bonds. The van der Waals surface area contributed by atoms with Crippen LogP contribution in [0, 0.1) is 34.6 Å². The van der Waals surface area contributed by atoms with E-state index in [0.717, 1.165) is 0 Å². The smallest absolute Gasteiger partial charge is 0.0147 e. The molecule has 0 nitrogen and oxygen atoms in total. The second kappa shape index (κ2) is 3.37. The SMILES string of the molecule is Cc1cc(C)c2cc(C)c(C)c(C)c2c1. The zero-order valence-electron chi connectivity index (χ0n) is 10.2. The van der Waals surface area contributed by atoms with E-state index in [1.165, 1.54) is 38.6 Å². The third-order valence-electron chi connectivity index (χ3n) is 3.45. The molecular weight excluding hydrogens is 180 g/mol. The van der Waals surface area contributed by atoms with Gasteiger partial charge in [-0.15, -0.1) is 0 Å². The van der Waals surface area contributed by atoms with Crippen LogP contribution in [0.2, 0.25) is 0 Å². The van der Waals surface area contributed by atoms with Gasteiger partial charge in [0.2, 0.25) is 0 Å². The van der Waals surface area contributed by atoms with Crippen molar-refractivity contribution < 1.29 is 0 Å². The molecule has 0 aliphatic carbocycles. The summed E-state index contributed by atoms with van der Waals surface area (Å²) in [7, 11) is 0. The summed E-state index contributed by atoms with van der Waals surface area (Å²) >= 11 is 0. The maximum absolute atomic E-state index is 2.31. The van der Waals surface area contributed by atoms with Gasteiger partial charge < -0.3 is 0 Å². The molecule has 0 heteroatoms. The predicted molar refractivity (Wildman–Crippen MR) is 67.6 cm³/mol. The Morgan fingerprint density at radius 3 is 1.93 bits per heavy atom. The molecule has 0 aromatic heterocycles. The van der Waals surface area contributed by atoms with E-state index in [1.54, 1.807) is 0 Å². The molecule has 0 atom stereocenters. The Labute approximate surface area is 91.9 Å². The molecule has 0 N–H and O–H groups in total. The van der Waals surface area contributed by atoms with E-state index in [0.29, 0.717) is 0 Å². The van der Waals surface area contributed by atoms with Crippen LogP contribution in [-0.4, -0.2) is 0 Å². The molecular formula is C15H18. The van der Waals surface area contributed by atoms with Gasteiger partial charge in [0.1, 0.15) is 0 Å². The lowest BCUT2D eigenvalue weighted by Crippen LogP contribution is -1.91. The summed E-state index contributed by atoms with van der Waals surface area (Å²) in [6.45, 7) is 11.0. The maximum atomic E-state index is 2.31. The van der Waals surface area contributed by atoms with Crippen LogP contribution >= 0.6 is 0 Å². The first-order valence-corrected chi connectivity index (χ1v) is 5.48. The van der Waals surface area contributed by atoms with Crippen LogP contribution < -0.4 is 0 Å². The third kappa shape index (κ3) is 1.54. The molecule has 0 aliphatic rings. The Hall–Kier alpha value is -1.30. The van der Waals surface area contributed by atoms with Crippen molar-refractivity contribution in [3.63, 3.8) is 0 Å². The van der Waals surface area contributed by atoms with Crippen molar-refractivity contribution in [2.45, 2.75) is 34.6 Å². The minimum Gasteiger partial charge on any atom is -0.0557 e. The second-order valence-corrected chi connectivity index (χ2v) is 4.62. The molecule has 78 valence electrons. The number of hydrogen-bond acceptors (Lipinski definition) is 0. The van der Waals surface area contributed by atoms with Gasteiger partial charge in [-0.1, -0.05) is 23.8 Å². The number of benzene rings is 2. The van der Waals surface area contributed by atoms with Gasteiger partial charge in [0.15, 0.2) is 0 Å². The van der Waals surface area contributed by atoms with Crippen LogP contribution in [0.5, 0.6) is 0 Å². The van der Waals surface area contributed by atoms with E-state index < -0.39 is 0 Å². The second-order valence-electron chi connectivity index (χ2n) is 4.62. The highest BCUT2D eigenvalue weighted by atomic mass is 14.1. The van der Waals surface area contributed by atoms with Crippen molar-refractivity contribution in [2.75, 3.05) is 0 Å². The lowest BCUT2D eigenvalue weighted by molar-refractivity contribution is 1.29. The first kappa shape index (κ1) is 10.2. The highest BCUT2D eigenvalue weighted by molar-refractivity contribution is 5.90. The summed E-state index contributed by atoms with van der Waals surface area (Å²) in [6.07, 6.45) is 0. The lowest BCUT2D eigenvalue weighted by atomic mass is 9.93. The minimum atomic E-state index is 1.35. The number of aryl methyl sites for hydroxylation is 4. The third-order valence-corrected chi connectivity index (χ3v) is 3.45. The number of rotatable bonds is 0. The van der Waals surface area contributed by atoms with Gasteiger partial charge in [-0.3, -0.25) is 0 Å². The summed E-state index contributed by atoms with van der Waals surface area (Å²) in [5.41, 5.74) is 6.99. The summed E-state index contributed by atoms with van der Waals surface area (Å²) in [5.74, 6) is 0. The van der Waals surface area contributed by atoms with E-state index >= 15 is 0 Å². The van der Waals surface area contributed by atoms with Crippen molar-refractivity contribution in [2.24, 2.45) is 0 Å². The highest BCUT2D eigenvalue weighted by Crippen LogP contribution is 2.28. The molecule has 0 unspecified atom stereocenters. The molecule has 2 rings (SSSR count). The standard InChI is InChI=1S/C15H18/c1-9-6-11(3)14-8-10(2)12(4)13(5)15(14)7-9/h6-8H,1-5H3. The quantitative estimate of drug-likeness (QED) is 0.589. The minimum absolute atomic E-state index is 1.35. The molecule has 0 heterocycles. The van der Waals surface area contributed by atoms with Crippen LogP contribution in [0.15, 0.2) is 18.2 Å². The molecule has 0 saturated heterocycles. The van der Waals surface area contributed by atoms with Crippen molar-refractivity contribution in [1.82, 2.24) is 0 Å². The summed E-state index contributed by atoms with van der Waals surface area (Å²) < 4.78 is 0. The van der Waals surface area contributed by atoms with Crippen molar-refractivity contribution in [3.05, 3.63) is 46.0 Å². The molecule has 0 spiro atoms. The Bertz CT molecular complexity index is 533. The van der Waals surface area contributed by atoms with E-state index in [4.69, 9.17) is 0 Å². The number of hydrogen-bond donors (Lipinski definition) is 0. The van der Waals surface area contributed by atoms with Gasteiger partial charge >= 0.3 is 0 Å². The average Bonchev–Trinajstić information content (AvgIpc) is 2.17. The fourth-order valence-corrected chi connectivity index (χ4v) is 2.30. The Morgan fingerprint density at radius 2 is 1.27 bits per heavy atom. The largest absolute Gasteiger partial charge is 0.0557 e. The Balaban J connectivity index is 2.98. The van der Waals surface area contributed by atoms with Crippen LogP contribution in [-0.2, 0) is 0 Å². The predicted octanol–water partition coefficient (Wildman–Crippen LogP) is 4.38. The normalized spacial score (nSPS) is 11.0. The monoisotopic (exact) mass is 198 g/mol. The van der Waals surface area contributed by atoms with E-state index in [-0.39, 0.29) is 0 Å². The number of fused-ring (bicyclic) bond motifs is 1. The van der Waals surface area contributed by atoms with Crippen molar-refractivity contribution in [1.29, 1.82) is 0 Å². The molecule has 0 aliphatic heterocycles. The Kier molecular flexibility index (Phi) is 2.30. The zero-order valence-corrected chi connectivity index (χ0v) is 10.2. The molecule has 0 saturated carbocycles. The molecule has 15 heavy (non-hydrogen) atoms. The van der Waals surface area contributed by atoms with E-state index in [1.807, 2.05) is 0 Å². The van der Waals surface area contributed by atoms with Crippen LogP contribution in [0.25, 0.3) is 10.8 Å². The van der Waals surface area contributed by atoms with Crippen LogP contribution in [0.4, 0.5) is 0 Å². The highest BCUT2D eigenvalue weighted by Gasteiger charge is 2.06. The molecule has 0 bridgehead atoms. The lowest BCUT2D eigenvalue weighted by Gasteiger charge is -2.12. The summed E-state index contributed by atoms with van der Waals surface area (Å²) in [6, 6.07) is 6.87. The van der Waals surface area contributed by atoms with Crippen LogP contribution in [0.1, 0.15) is 27.8 Å². The van der Waals surface area contributed by atoms with Gasteiger partial charge in [0, 0.05) is 0 Å². The van der Waals surface area contributed by atoms with Gasteiger partial charge in [0.05, 0.1) is 0 Å². The van der Waals surface area contributed by atoms with Gasteiger partial charge in [-0.25, -0.2) is 0 Å². The average molecular weight is 198 g/mol. The fourth-order valence-electron chi connectivity index (χ4n) is 2.30. The van der Waals surface area contributed by atoms with Crippen molar-refractivity contribution in [3.8, 4) is 0 Å². The van der Waals surface area contributed by atoms with E-state index in [2.05, 4.69) is 52.8 Å². The van der Waals surface area contributed by atoms with Crippen molar-refractivity contribution >= 4 is 10.8 Å². The Morgan fingerprint density at radius 1 is 0.600 bits per heavy atom.